The fourth-order valence-corrected chi connectivity index (χ4v) is 4.95. The van der Waals surface area contributed by atoms with Crippen LogP contribution in [-0.2, 0) is 7.05 Å². The first-order chi connectivity index (χ1) is 14.2. The maximum atomic E-state index is 5.13. The van der Waals surface area contributed by atoms with Gasteiger partial charge in [-0.05, 0) is 50.5 Å². The molecule has 6 nitrogen and oxygen atoms in total. The summed E-state index contributed by atoms with van der Waals surface area (Å²) in [6, 6.07) is 11.0. The van der Waals surface area contributed by atoms with Gasteiger partial charge >= 0.3 is 0 Å². The molecule has 2 bridgehead atoms. The first-order valence-electron chi connectivity index (χ1n) is 10.2. The van der Waals surface area contributed by atoms with E-state index >= 15 is 0 Å². The first-order valence-corrected chi connectivity index (χ1v) is 10.2. The summed E-state index contributed by atoms with van der Waals surface area (Å²) in [5.41, 5.74) is 7.21. The third kappa shape index (κ3) is 2.55. The van der Waals surface area contributed by atoms with Gasteiger partial charge in [-0.25, -0.2) is 4.98 Å². The Morgan fingerprint density at radius 2 is 1.97 bits per heavy atom. The number of hydrogen-bond acceptors (Lipinski definition) is 4. The Balaban J connectivity index is 1.57. The summed E-state index contributed by atoms with van der Waals surface area (Å²) in [6.07, 6.45) is 9.45. The average Bonchev–Trinajstić information content (AvgIpc) is 3.49. The smallest absolute Gasteiger partial charge is 0.115 e. The van der Waals surface area contributed by atoms with Crippen LogP contribution < -0.4 is 0 Å². The normalized spacial score (nSPS) is 19.7. The van der Waals surface area contributed by atoms with Gasteiger partial charge in [0, 0.05) is 48.2 Å². The summed E-state index contributed by atoms with van der Waals surface area (Å²) in [6.45, 7) is 2.03. The van der Waals surface area contributed by atoms with E-state index in [1.807, 2.05) is 38.6 Å². The van der Waals surface area contributed by atoms with Crippen LogP contribution in [0.15, 0.2) is 48.9 Å². The lowest BCUT2D eigenvalue weighted by Gasteiger charge is -2.17. The molecule has 144 valence electrons. The van der Waals surface area contributed by atoms with E-state index in [0.29, 0.717) is 12.0 Å². The molecule has 2 unspecified atom stereocenters. The molecule has 1 fully saturated rings. The zero-order chi connectivity index (χ0) is 19.5. The number of rotatable bonds is 3. The van der Waals surface area contributed by atoms with E-state index in [-0.39, 0.29) is 0 Å². The number of imidazole rings is 1. The van der Waals surface area contributed by atoms with Crippen LogP contribution >= 0.6 is 0 Å². The van der Waals surface area contributed by atoms with Crippen LogP contribution in [0.25, 0.3) is 33.9 Å². The first kappa shape index (κ1) is 16.7. The van der Waals surface area contributed by atoms with Gasteiger partial charge in [-0.2, -0.15) is 5.10 Å². The highest BCUT2D eigenvalue weighted by atomic mass is 15.2. The van der Waals surface area contributed by atoms with E-state index in [1.165, 1.54) is 30.8 Å². The van der Waals surface area contributed by atoms with Gasteiger partial charge in [0.25, 0.3) is 0 Å². The molecule has 1 aliphatic heterocycles. The summed E-state index contributed by atoms with van der Waals surface area (Å²) in [5, 5.41) is 4.30. The third-order valence-electron chi connectivity index (χ3n) is 6.24. The minimum Gasteiger partial charge on any atom is -0.324 e. The SMILES string of the molecule is Cc1cccc(-c2nc3n(c2-c2ccnc(-c4cnn(C)c4)c2)C2CCC3C2)n1. The standard InChI is InChI=1S/C23H22N6/c1-14-4-3-5-19(26-14)21-22(29-18-7-6-16(10-18)23(29)27-21)15-8-9-24-20(11-15)17-12-25-28(2)13-17/h3-5,8-9,11-13,16,18H,6-7,10H2,1-2H3. The second kappa shape index (κ2) is 6.11. The van der Waals surface area contributed by atoms with Gasteiger partial charge < -0.3 is 4.57 Å². The number of pyridine rings is 2. The van der Waals surface area contributed by atoms with E-state index in [4.69, 9.17) is 9.97 Å². The number of nitrogens with zero attached hydrogens (tertiary/aromatic N) is 6. The maximum Gasteiger partial charge on any atom is 0.115 e. The van der Waals surface area contributed by atoms with E-state index < -0.39 is 0 Å². The molecule has 0 radical (unpaired) electrons. The summed E-state index contributed by atoms with van der Waals surface area (Å²) in [4.78, 5) is 14.5. The van der Waals surface area contributed by atoms with Crippen molar-refractivity contribution in [2.75, 3.05) is 0 Å². The summed E-state index contributed by atoms with van der Waals surface area (Å²) < 4.78 is 4.29. The van der Waals surface area contributed by atoms with Crippen LogP contribution in [0.3, 0.4) is 0 Å². The van der Waals surface area contributed by atoms with E-state index in [9.17, 15) is 0 Å². The lowest BCUT2D eigenvalue weighted by Crippen LogP contribution is -2.08. The average molecular weight is 382 g/mol. The van der Waals surface area contributed by atoms with Crippen LogP contribution in [0.5, 0.6) is 0 Å². The molecular weight excluding hydrogens is 360 g/mol. The molecule has 0 amide bonds. The van der Waals surface area contributed by atoms with Crippen molar-refractivity contribution in [3.8, 4) is 33.9 Å². The molecule has 0 N–H and O–H groups in total. The van der Waals surface area contributed by atoms with Gasteiger partial charge in [0.2, 0.25) is 0 Å². The van der Waals surface area contributed by atoms with Gasteiger partial charge in [0.1, 0.15) is 11.5 Å². The molecule has 2 atom stereocenters. The Labute approximate surface area is 169 Å². The molecule has 4 aromatic heterocycles. The van der Waals surface area contributed by atoms with Crippen LogP contribution in [0, 0.1) is 6.92 Å². The van der Waals surface area contributed by atoms with Gasteiger partial charge in [-0.1, -0.05) is 6.07 Å². The zero-order valence-corrected chi connectivity index (χ0v) is 16.6. The minimum absolute atomic E-state index is 0.547. The Kier molecular flexibility index (Phi) is 3.51. The lowest BCUT2D eigenvalue weighted by atomic mass is 10.1. The van der Waals surface area contributed by atoms with Crippen molar-refractivity contribution in [2.45, 2.75) is 38.1 Å². The lowest BCUT2D eigenvalue weighted by molar-refractivity contribution is 0.530. The Bertz CT molecular complexity index is 1230. The minimum atomic E-state index is 0.547. The Morgan fingerprint density at radius 3 is 2.79 bits per heavy atom. The molecule has 1 saturated carbocycles. The van der Waals surface area contributed by atoms with Gasteiger partial charge in [0.05, 0.1) is 23.3 Å². The van der Waals surface area contributed by atoms with Crippen molar-refractivity contribution in [1.82, 2.24) is 29.3 Å². The monoisotopic (exact) mass is 382 g/mol. The second-order valence-corrected chi connectivity index (χ2v) is 8.20. The molecule has 0 saturated heterocycles. The van der Waals surface area contributed by atoms with Crippen LogP contribution in [0.1, 0.15) is 42.7 Å². The molecule has 0 spiro atoms. The molecule has 29 heavy (non-hydrogen) atoms. The van der Waals surface area contributed by atoms with E-state index in [0.717, 1.165) is 33.9 Å². The Morgan fingerprint density at radius 1 is 1.03 bits per heavy atom. The van der Waals surface area contributed by atoms with Crippen LogP contribution in [0.2, 0.25) is 0 Å². The third-order valence-corrected chi connectivity index (χ3v) is 6.24. The largest absolute Gasteiger partial charge is 0.324 e. The topological polar surface area (TPSA) is 61.4 Å². The zero-order valence-electron chi connectivity index (χ0n) is 16.6. The van der Waals surface area contributed by atoms with Crippen molar-refractivity contribution < 1.29 is 0 Å². The number of aryl methyl sites for hydroxylation is 2. The van der Waals surface area contributed by atoms with Gasteiger partial charge in [-0.15, -0.1) is 0 Å². The van der Waals surface area contributed by atoms with E-state index in [2.05, 4.69) is 38.9 Å². The second-order valence-electron chi connectivity index (χ2n) is 8.20. The summed E-state index contributed by atoms with van der Waals surface area (Å²) >= 11 is 0. The highest BCUT2D eigenvalue weighted by Crippen LogP contribution is 2.52. The molecule has 0 aromatic carbocycles. The van der Waals surface area contributed by atoms with Crippen molar-refractivity contribution >= 4 is 0 Å². The van der Waals surface area contributed by atoms with Gasteiger partial charge in [0.15, 0.2) is 0 Å². The fraction of sp³-hybridized carbons (Fsp3) is 0.304. The maximum absolute atomic E-state index is 5.13. The quantitative estimate of drug-likeness (QED) is 0.522. The van der Waals surface area contributed by atoms with Crippen LogP contribution in [-0.4, -0.2) is 29.3 Å². The van der Waals surface area contributed by atoms with Crippen molar-refractivity contribution in [2.24, 2.45) is 7.05 Å². The highest BCUT2D eigenvalue weighted by molar-refractivity contribution is 5.80. The van der Waals surface area contributed by atoms with Crippen molar-refractivity contribution in [1.29, 1.82) is 0 Å². The van der Waals surface area contributed by atoms with Gasteiger partial charge in [-0.3, -0.25) is 14.6 Å². The molecule has 1 aliphatic carbocycles. The summed E-state index contributed by atoms with van der Waals surface area (Å²) in [5.74, 6) is 1.81. The molecule has 2 aliphatic rings. The molecule has 6 heteroatoms. The number of hydrogen-bond donors (Lipinski definition) is 0. The van der Waals surface area contributed by atoms with Crippen molar-refractivity contribution in [3.63, 3.8) is 0 Å². The van der Waals surface area contributed by atoms with Crippen LogP contribution in [0.4, 0.5) is 0 Å². The highest BCUT2D eigenvalue weighted by Gasteiger charge is 2.41. The summed E-state index contributed by atoms with van der Waals surface area (Å²) in [7, 11) is 1.93. The van der Waals surface area contributed by atoms with E-state index in [1.54, 1.807) is 4.68 Å². The fourth-order valence-electron chi connectivity index (χ4n) is 4.95. The molecule has 5 heterocycles. The molecular formula is C23H22N6. The predicted molar refractivity (Wildman–Crippen MR) is 111 cm³/mol. The number of fused-ring (bicyclic) bond motifs is 5. The Hall–Kier alpha value is -3.28. The molecule has 4 aromatic rings. The molecule has 6 rings (SSSR count). The predicted octanol–water partition coefficient (Wildman–Crippen LogP) is 4.54. The van der Waals surface area contributed by atoms with Crippen molar-refractivity contribution in [3.05, 3.63) is 60.4 Å². The number of aromatic nitrogens is 6.